The standard InChI is InChI=1S/C50H64N4O14S/c1-24-16-29-17-30-20-54-32(35-25(2)41(26(3)42-43(35)64-23-63-42)66-45(57)52-46(58)67-48(5,6)7)21-62-44(56)50(22-69-27(4)37(54)38(53(30)11)36(29)39(55)40(24)61-13)31-19-33(60-12)34(18-28(31)14-15-51-50)65-47(59)68-49(8,9)10/h16,18-19,27,30,32,37-38,51,55H,14-15,17,20-23H2,1-13H3,(H,52,57,58)/t27?,30?,32?,37?,38?,50-/m1/s1. The van der Waals surface area contributed by atoms with Crippen LogP contribution in [-0.2, 0) is 37.4 Å². The van der Waals surface area contributed by atoms with E-state index in [0.717, 1.165) is 22.3 Å². The first-order chi connectivity index (χ1) is 32.5. The molecule has 3 aromatic carbocycles. The van der Waals surface area contributed by atoms with Crippen LogP contribution in [0.2, 0.25) is 0 Å². The topological polar surface area (TPSA) is 202 Å². The lowest BCUT2D eigenvalue weighted by Crippen LogP contribution is -2.65. The van der Waals surface area contributed by atoms with Gasteiger partial charge < -0.3 is 47.7 Å². The minimum atomic E-state index is -1.41. The highest BCUT2D eigenvalue weighted by molar-refractivity contribution is 8.00. The van der Waals surface area contributed by atoms with Gasteiger partial charge in [-0.1, -0.05) is 13.0 Å². The molecule has 0 aromatic heterocycles. The predicted molar refractivity (Wildman–Crippen MR) is 254 cm³/mol. The number of hydrogen-bond donors (Lipinski definition) is 3. The number of esters is 1. The number of ether oxygens (including phenoxy) is 9. The molecule has 6 atom stereocenters. The first-order valence-corrected chi connectivity index (χ1v) is 24.2. The summed E-state index contributed by atoms with van der Waals surface area (Å²) in [6.45, 7) is 18.5. The van der Waals surface area contributed by atoms with Gasteiger partial charge in [-0.2, -0.15) is 11.8 Å². The van der Waals surface area contributed by atoms with Gasteiger partial charge in [-0.05, 0) is 117 Å². The number of piperazine rings is 1. The van der Waals surface area contributed by atoms with E-state index in [1.165, 1.54) is 7.11 Å². The average molecular weight is 977 g/mol. The van der Waals surface area contributed by atoms with Gasteiger partial charge >= 0.3 is 24.3 Å². The number of phenols is 1. The van der Waals surface area contributed by atoms with E-state index in [9.17, 15) is 19.5 Å². The minimum absolute atomic E-state index is 0.0432. The molecule has 0 radical (unpaired) electrons. The number of amides is 2. The van der Waals surface area contributed by atoms with E-state index in [2.05, 4.69) is 40.5 Å². The van der Waals surface area contributed by atoms with Crippen molar-refractivity contribution < 1.29 is 66.9 Å². The number of nitrogens with one attached hydrogen (secondary N) is 2. The molecule has 5 aliphatic rings. The Labute approximate surface area is 406 Å². The number of fused-ring (bicyclic) bond motifs is 9. The van der Waals surface area contributed by atoms with Crippen molar-refractivity contribution in [3.8, 4) is 40.2 Å². The molecule has 18 nitrogen and oxygen atoms in total. The Hall–Kier alpha value is -5.63. The largest absolute Gasteiger partial charge is 0.514 e. The van der Waals surface area contributed by atoms with Crippen LogP contribution in [0.15, 0.2) is 18.2 Å². The number of carbonyl (C=O) groups excluding carboxylic acids is 4. The fourth-order valence-corrected chi connectivity index (χ4v) is 12.0. The third-order valence-corrected chi connectivity index (χ3v) is 14.9. The van der Waals surface area contributed by atoms with Crippen molar-refractivity contribution in [2.24, 2.45) is 0 Å². The van der Waals surface area contributed by atoms with Gasteiger partial charge in [0.15, 0.2) is 40.0 Å². The molecular weight excluding hydrogens is 913 g/mol. The van der Waals surface area contributed by atoms with Crippen LogP contribution in [0.4, 0.5) is 14.4 Å². The molecule has 2 bridgehead atoms. The summed E-state index contributed by atoms with van der Waals surface area (Å²) in [6, 6.07) is 4.00. The molecule has 374 valence electrons. The number of phenolic OH excluding ortho intramolecular Hbond substituents is 1. The molecule has 5 heterocycles. The van der Waals surface area contributed by atoms with Crippen LogP contribution in [0.1, 0.15) is 105 Å². The SMILES string of the molecule is COc1cc2c(cc1OC(=O)OC(C)(C)C)CCN[C@]21CSC(C)C2C3c4c(cc(C)c(OC)c4O)CC(CN2C(c2c(C)c(OC(=O)NC(=O)OC(C)(C)C)c(C)c4c2OCO4)COC1=O)N3C. The number of benzene rings is 3. The number of alkyl carbamates (subject to hydrolysis) is 1. The summed E-state index contributed by atoms with van der Waals surface area (Å²) in [6.07, 6.45) is -1.82. The highest BCUT2D eigenvalue weighted by atomic mass is 32.2. The van der Waals surface area contributed by atoms with Crippen molar-refractivity contribution in [2.75, 3.05) is 53.5 Å². The van der Waals surface area contributed by atoms with Crippen LogP contribution >= 0.6 is 11.8 Å². The van der Waals surface area contributed by atoms with E-state index >= 15 is 4.79 Å². The first kappa shape index (κ1) is 49.8. The quantitative estimate of drug-likeness (QED) is 0.129. The first-order valence-electron chi connectivity index (χ1n) is 23.1. The van der Waals surface area contributed by atoms with Gasteiger partial charge in [-0.3, -0.25) is 15.1 Å². The summed E-state index contributed by atoms with van der Waals surface area (Å²) < 4.78 is 53.1. The van der Waals surface area contributed by atoms with Gasteiger partial charge in [0.1, 0.15) is 23.6 Å². The number of likely N-dealkylation sites (N-methyl/N-ethyl adjacent to an activating group) is 1. The van der Waals surface area contributed by atoms with Gasteiger partial charge in [0, 0.05) is 58.4 Å². The molecule has 1 spiro atoms. The molecular formula is C50H64N4O14S. The third-order valence-electron chi connectivity index (χ3n) is 13.5. The Morgan fingerprint density at radius 3 is 2.26 bits per heavy atom. The molecule has 0 aliphatic carbocycles. The van der Waals surface area contributed by atoms with Crippen LogP contribution in [0.3, 0.4) is 0 Å². The van der Waals surface area contributed by atoms with Crippen LogP contribution in [-0.4, -0.2) is 121 Å². The smallest absolute Gasteiger partial charge is 0.504 e. The second kappa shape index (κ2) is 18.6. The molecule has 5 unspecified atom stereocenters. The van der Waals surface area contributed by atoms with Gasteiger partial charge in [0.05, 0.1) is 26.3 Å². The number of imide groups is 1. The zero-order valence-corrected chi connectivity index (χ0v) is 42.4. The maximum Gasteiger partial charge on any atom is 0.514 e. The van der Waals surface area contributed by atoms with Gasteiger partial charge in [0.2, 0.25) is 6.79 Å². The molecule has 3 N–H and O–H groups in total. The number of thioether (sulfide) groups is 1. The summed E-state index contributed by atoms with van der Waals surface area (Å²) >= 11 is 1.59. The number of cyclic esters (lactones) is 1. The van der Waals surface area contributed by atoms with Crippen molar-refractivity contribution in [3.05, 3.63) is 62.7 Å². The molecule has 2 amide bonds. The van der Waals surface area contributed by atoms with E-state index < -0.39 is 47.1 Å². The van der Waals surface area contributed by atoms with E-state index in [-0.39, 0.29) is 65.5 Å². The van der Waals surface area contributed by atoms with Crippen molar-refractivity contribution in [2.45, 2.75) is 128 Å². The Bertz CT molecular complexity index is 2570. The highest BCUT2D eigenvalue weighted by Gasteiger charge is 2.54. The number of aromatic hydroxyl groups is 1. The number of nitrogens with zero attached hydrogens (tertiary/aromatic N) is 2. The Morgan fingerprint density at radius 1 is 0.870 bits per heavy atom. The number of hydrogen-bond acceptors (Lipinski definition) is 18. The zero-order valence-electron chi connectivity index (χ0n) is 41.6. The monoisotopic (exact) mass is 976 g/mol. The Balaban J connectivity index is 1.28. The van der Waals surface area contributed by atoms with E-state index in [4.69, 9.17) is 42.6 Å². The Morgan fingerprint density at radius 2 is 1.58 bits per heavy atom. The lowest BCUT2D eigenvalue weighted by Gasteiger charge is -2.58. The maximum atomic E-state index is 15.3. The summed E-state index contributed by atoms with van der Waals surface area (Å²) in [5.41, 5.74) is 2.43. The average Bonchev–Trinajstić information content (AvgIpc) is 3.74. The van der Waals surface area contributed by atoms with Gasteiger partial charge in [0.25, 0.3) is 0 Å². The van der Waals surface area contributed by atoms with E-state index in [1.54, 1.807) is 86.4 Å². The zero-order chi connectivity index (χ0) is 50.1. The van der Waals surface area contributed by atoms with Gasteiger partial charge in [-0.15, -0.1) is 0 Å². The summed E-state index contributed by atoms with van der Waals surface area (Å²) in [4.78, 5) is 59.0. The normalized spacial score (nSPS) is 24.5. The van der Waals surface area contributed by atoms with Crippen LogP contribution < -0.4 is 39.1 Å². The molecule has 2 saturated heterocycles. The fourth-order valence-electron chi connectivity index (χ4n) is 10.6. The summed E-state index contributed by atoms with van der Waals surface area (Å²) in [5.74, 6) is 1.42. The molecule has 69 heavy (non-hydrogen) atoms. The summed E-state index contributed by atoms with van der Waals surface area (Å²) in [7, 11) is 5.09. The fraction of sp³-hybridized carbons (Fsp3) is 0.560. The molecule has 3 aromatic rings. The van der Waals surface area contributed by atoms with Crippen molar-refractivity contribution in [1.29, 1.82) is 0 Å². The maximum absolute atomic E-state index is 15.3. The molecule has 8 rings (SSSR count). The second-order valence-corrected chi connectivity index (χ2v) is 21.7. The molecule has 0 saturated carbocycles. The number of aryl methyl sites for hydroxylation is 1. The number of methoxy groups -OCH3 is 2. The summed E-state index contributed by atoms with van der Waals surface area (Å²) in [5, 5.41) is 17.6. The lowest BCUT2D eigenvalue weighted by molar-refractivity contribution is -0.155. The van der Waals surface area contributed by atoms with Crippen molar-refractivity contribution in [1.82, 2.24) is 20.4 Å². The lowest BCUT2D eigenvalue weighted by atomic mass is 9.77. The van der Waals surface area contributed by atoms with E-state index in [0.29, 0.717) is 65.4 Å². The van der Waals surface area contributed by atoms with Crippen LogP contribution in [0.5, 0.6) is 40.2 Å². The molecule has 19 heteroatoms. The number of rotatable bonds is 5. The van der Waals surface area contributed by atoms with Crippen LogP contribution in [0, 0.1) is 20.8 Å². The number of carbonyl (C=O) groups is 4. The van der Waals surface area contributed by atoms with E-state index in [1.807, 2.05) is 6.92 Å². The highest BCUT2D eigenvalue weighted by Crippen LogP contribution is 2.56. The Kier molecular flexibility index (Phi) is 13.4. The van der Waals surface area contributed by atoms with Crippen LogP contribution in [0.25, 0.3) is 0 Å². The molecule has 2 fully saturated rings. The van der Waals surface area contributed by atoms with Crippen molar-refractivity contribution in [3.63, 3.8) is 0 Å². The second-order valence-electron chi connectivity index (χ2n) is 20.3. The minimum Gasteiger partial charge on any atom is -0.504 e. The third kappa shape index (κ3) is 9.30. The van der Waals surface area contributed by atoms with Crippen molar-refractivity contribution >= 4 is 36.1 Å². The van der Waals surface area contributed by atoms with Gasteiger partial charge in [-0.25, -0.2) is 24.5 Å². The molecule has 5 aliphatic heterocycles. The predicted octanol–water partition coefficient (Wildman–Crippen LogP) is 7.44.